The van der Waals surface area contributed by atoms with Crippen LogP contribution < -0.4 is 15.0 Å². The van der Waals surface area contributed by atoms with Gasteiger partial charge in [0.05, 0.1) is 23.9 Å². The number of terminal acetylenes is 1. The minimum atomic E-state index is -2.91. The first-order valence-electron chi connectivity index (χ1n) is 14.9. The number of piperazine rings is 1. The number of piperidine rings is 1. The number of hydrogen-bond acceptors (Lipinski definition) is 8. The third kappa shape index (κ3) is 4.88. The lowest BCUT2D eigenvalue weighted by atomic mass is 9.79. The van der Waals surface area contributed by atoms with Gasteiger partial charge in [0.2, 0.25) is 11.8 Å². The summed E-state index contributed by atoms with van der Waals surface area (Å²) < 4.78 is 53.0. The largest absolute Gasteiger partial charge is 0.508 e. The SMILES string of the molecule is C#Cc1c(F)ccc2cc(O)cc(Cn3cnc4c(OCC5(C)CN(C)CCC5(F)F)nc(N5C[C@H]6CC[C@@H](C5)N6)nc43)c12. The first kappa shape index (κ1) is 28.7. The summed E-state index contributed by atoms with van der Waals surface area (Å²) >= 11 is 0. The van der Waals surface area contributed by atoms with E-state index in [1.807, 2.05) is 11.9 Å². The quantitative estimate of drug-likeness (QED) is 0.317. The highest BCUT2D eigenvalue weighted by molar-refractivity contribution is 5.92. The van der Waals surface area contributed by atoms with Gasteiger partial charge in [0.25, 0.3) is 5.92 Å². The molecule has 2 aromatic carbocycles. The van der Waals surface area contributed by atoms with E-state index in [-0.39, 0.29) is 43.3 Å². The Morgan fingerprint density at radius 2 is 1.95 bits per heavy atom. The summed E-state index contributed by atoms with van der Waals surface area (Å²) in [4.78, 5) is 18.2. The Morgan fingerprint density at radius 1 is 1.18 bits per heavy atom. The van der Waals surface area contributed by atoms with E-state index < -0.39 is 17.2 Å². The topological polar surface area (TPSA) is 91.6 Å². The van der Waals surface area contributed by atoms with E-state index >= 15 is 8.78 Å². The molecule has 3 saturated heterocycles. The average Bonchev–Trinajstić information content (AvgIpc) is 3.55. The molecule has 0 saturated carbocycles. The van der Waals surface area contributed by atoms with E-state index in [0.717, 1.165) is 12.8 Å². The van der Waals surface area contributed by atoms with Crippen LogP contribution in [0.15, 0.2) is 30.6 Å². The van der Waals surface area contributed by atoms with Crippen LogP contribution in [0.5, 0.6) is 11.6 Å². The van der Waals surface area contributed by atoms with Crippen molar-refractivity contribution in [3.8, 4) is 24.0 Å². The van der Waals surface area contributed by atoms with Gasteiger partial charge in [0.1, 0.15) is 18.2 Å². The van der Waals surface area contributed by atoms with Gasteiger partial charge in [-0.1, -0.05) is 12.0 Å². The molecule has 2 aromatic heterocycles. The summed E-state index contributed by atoms with van der Waals surface area (Å²) in [5.41, 5.74) is 0.0141. The van der Waals surface area contributed by atoms with Gasteiger partial charge in [-0.05, 0) is 56.0 Å². The van der Waals surface area contributed by atoms with Gasteiger partial charge in [-0.3, -0.25) is 0 Å². The Bertz CT molecular complexity index is 1790. The molecule has 7 rings (SSSR count). The highest BCUT2D eigenvalue weighted by atomic mass is 19.3. The van der Waals surface area contributed by atoms with Crippen LogP contribution in [0.25, 0.3) is 21.9 Å². The molecule has 3 aliphatic rings. The van der Waals surface area contributed by atoms with Gasteiger partial charge in [-0.15, -0.1) is 6.42 Å². The average molecular weight is 606 g/mol. The Balaban J connectivity index is 1.31. The molecule has 3 atom stereocenters. The van der Waals surface area contributed by atoms with Gasteiger partial charge in [-0.2, -0.15) is 9.97 Å². The number of likely N-dealkylation sites (tertiary alicyclic amines) is 1. The van der Waals surface area contributed by atoms with Crippen LogP contribution in [0.1, 0.15) is 37.3 Å². The van der Waals surface area contributed by atoms with E-state index in [9.17, 15) is 9.50 Å². The normalized spacial score (nSPS) is 25.0. The van der Waals surface area contributed by atoms with Gasteiger partial charge < -0.3 is 29.5 Å². The molecule has 1 unspecified atom stereocenters. The smallest absolute Gasteiger partial charge is 0.259 e. The molecule has 9 nitrogen and oxygen atoms in total. The summed E-state index contributed by atoms with van der Waals surface area (Å²) in [6, 6.07) is 6.57. The molecule has 3 aliphatic heterocycles. The number of rotatable bonds is 6. The Morgan fingerprint density at radius 3 is 2.70 bits per heavy atom. The Kier molecular flexibility index (Phi) is 6.86. The number of phenols is 1. The van der Waals surface area contributed by atoms with Gasteiger partial charge >= 0.3 is 0 Å². The molecule has 0 spiro atoms. The lowest BCUT2D eigenvalue weighted by Crippen LogP contribution is -2.55. The second kappa shape index (κ2) is 10.5. The standard InChI is InChI=1S/C32H34F3N7O2/c1-4-24-25(33)8-5-19-11-23(43)12-20(26(19)24)13-42-18-36-27-28(42)38-30(41-14-21-6-7-22(15-41)37-21)39-29(27)44-17-31(2)16-40(3)10-9-32(31,34)35/h1,5,8,11-12,18,21-22,37,43H,6-7,9-10,13-17H2,2-3H3/t21-,22+,31?. The summed E-state index contributed by atoms with van der Waals surface area (Å²) in [5, 5.41) is 15.2. The number of hydrogen-bond donors (Lipinski definition) is 2. The first-order chi connectivity index (χ1) is 21.0. The number of fused-ring (bicyclic) bond motifs is 4. The highest BCUT2D eigenvalue weighted by Crippen LogP contribution is 2.44. The zero-order valence-corrected chi connectivity index (χ0v) is 24.7. The van der Waals surface area contributed by atoms with Crippen molar-refractivity contribution in [2.75, 3.05) is 44.7 Å². The molecule has 3 fully saturated rings. The fraction of sp³-hybridized carbons (Fsp3) is 0.469. The fourth-order valence-electron chi connectivity index (χ4n) is 6.99. The van der Waals surface area contributed by atoms with Crippen molar-refractivity contribution in [2.45, 2.75) is 50.7 Å². The zero-order chi connectivity index (χ0) is 30.8. The summed E-state index contributed by atoms with van der Waals surface area (Å²) in [7, 11) is 1.83. The number of aromatic nitrogens is 4. The molecule has 12 heteroatoms. The van der Waals surface area contributed by atoms with Crippen LogP contribution in [0.2, 0.25) is 0 Å². The maximum Gasteiger partial charge on any atom is 0.259 e. The number of benzene rings is 2. The number of anilines is 1. The van der Waals surface area contributed by atoms with Crippen molar-refractivity contribution in [1.29, 1.82) is 0 Å². The fourth-order valence-corrected chi connectivity index (χ4v) is 6.99. The van der Waals surface area contributed by atoms with Crippen molar-refractivity contribution in [3.05, 3.63) is 47.5 Å². The molecule has 44 heavy (non-hydrogen) atoms. The van der Waals surface area contributed by atoms with Gasteiger partial charge in [-0.25, -0.2) is 18.2 Å². The summed E-state index contributed by atoms with van der Waals surface area (Å²) in [6.45, 7) is 3.35. The molecule has 0 aliphatic carbocycles. The van der Waals surface area contributed by atoms with Crippen LogP contribution in [0.4, 0.5) is 19.1 Å². The molecular formula is C32H34F3N7O2. The monoisotopic (exact) mass is 605 g/mol. The van der Waals surface area contributed by atoms with Crippen molar-refractivity contribution in [2.24, 2.45) is 5.41 Å². The van der Waals surface area contributed by atoms with Crippen LogP contribution in [0.3, 0.4) is 0 Å². The van der Waals surface area contributed by atoms with Crippen molar-refractivity contribution >= 4 is 27.9 Å². The maximum atomic E-state index is 15.2. The second-order valence-corrected chi connectivity index (χ2v) is 12.7. The minimum Gasteiger partial charge on any atom is -0.508 e. The number of phenolic OH excluding ortho intramolecular Hbond substituents is 1. The maximum absolute atomic E-state index is 15.2. The number of alkyl halides is 2. The molecule has 0 radical (unpaired) electrons. The molecule has 5 heterocycles. The van der Waals surface area contributed by atoms with Gasteiger partial charge in [0.15, 0.2) is 11.2 Å². The molecule has 2 N–H and O–H groups in total. The summed E-state index contributed by atoms with van der Waals surface area (Å²) in [5.74, 6) is -0.421. The van der Waals surface area contributed by atoms with E-state index in [0.29, 0.717) is 65.2 Å². The van der Waals surface area contributed by atoms with E-state index in [2.05, 4.69) is 21.1 Å². The van der Waals surface area contributed by atoms with Crippen LogP contribution >= 0.6 is 0 Å². The first-order valence-corrected chi connectivity index (χ1v) is 14.9. The zero-order valence-electron chi connectivity index (χ0n) is 24.7. The Labute approximate surface area is 253 Å². The minimum absolute atomic E-state index is 0.00810. The predicted octanol–water partition coefficient (Wildman–Crippen LogP) is 4.15. The molecule has 2 bridgehead atoms. The van der Waals surface area contributed by atoms with Gasteiger partial charge in [0, 0.05) is 50.1 Å². The van der Waals surface area contributed by atoms with Crippen LogP contribution in [0, 0.1) is 23.6 Å². The van der Waals surface area contributed by atoms with E-state index in [1.165, 1.54) is 12.1 Å². The molecular weight excluding hydrogens is 571 g/mol. The third-order valence-corrected chi connectivity index (χ3v) is 9.37. The number of nitrogens with one attached hydrogen (secondary N) is 1. The predicted molar refractivity (Wildman–Crippen MR) is 161 cm³/mol. The highest BCUT2D eigenvalue weighted by Gasteiger charge is 2.53. The van der Waals surface area contributed by atoms with Crippen LogP contribution in [-0.4, -0.2) is 87.4 Å². The third-order valence-electron chi connectivity index (χ3n) is 9.37. The second-order valence-electron chi connectivity index (χ2n) is 12.7. The number of halogens is 3. The summed E-state index contributed by atoms with van der Waals surface area (Å²) in [6.07, 6.45) is 9.13. The van der Waals surface area contributed by atoms with Crippen LogP contribution in [-0.2, 0) is 6.54 Å². The Hall–Kier alpha value is -4.08. The number of aromatic hydroxyl groups is 1. The van der Waals surface area contributed by atoms with Crippen molar-refractivity contribution in [3.63, 3.8) is 0 Å². The number of ether oxygens (including phenoxy) is 1. The molecule has 230 valence electrons. The van der Waals surface area contributed by atoms with Crippen molar-refractivity contribution < 1.29 is 23.0 Å². The lowest BCUT2D eigenvalue weighted by Gasteiger charge is -2.44. The lowest BCUT2D eigenvalue weighted by molar-refractivity contribution is -0.168. The molecule has 0 amide bonds. The van der Waals surface area contributed by atoms with E-state index in [4.69, 9.17) is 21.1 Å². The number of imidazole rings is 1. The molecule has 4 aromatic rings. The number of nitrogens with zero attached hydrogens (tertiary/aromatic N) is 6. The van der Waals surface area contributed by atoms with E-state index in [1.54, 1.807) is 30.0 Å². The van der Waals surface area contributed by atoms with Crippen molar-refractivity contribution in [1.82, 2.24) is 29.7 Å².